The van der Waals surface area contributed by atoms with Gasteiger partial charge in [0.25, 0.3) is 0 Å². The Kier molecular flexibility index (Phi) is 2.81. The summed E-state index contributed by atoms with van der Waals surface area (Å²) in [5.41, 5.74) is 1.27. The molecule has 2 aliphatic heterocycles. The molecule has 3 rings (SSSR count). The van der Waals surface area contributed by atoms with E-state index >= 15 is 0 Å². The third kappa shape index (κ3) is 1.94. The number of nitrogens with one attached hydrogen (secondary N) is 1. The molecular weight excluding hydrogens is 214 g/mol. The van der Waals surface area contributed by atoms with Crippen LogP contribution in [0.2, 0.25) is 0 Å². The minimum Gasteiger partial charge on any atom is -0.487 e. The molecule has 1 atom stereocenters. The molecule has 0 saturated carbocycles. The van der Waals surface area contributed by atoms with Crippen molar-refractivity contribution in [2.75, 3.05) is 20.3 Å². The average Bonchev–Trinajstić information content (AvgIpc) is 2.38. The highest BCUT2D eigenvalue weighted by Gasteiger charge is 2.41. The second kappa shape index (κ2) is 4.31. The van der Waals surface area contributed by atoms with E-state index in [4.69, 9.17) is 9.47 Å². The Morgan fingerprint density at radius 1 is 1.24 bits per heavy atom. The van der Waals surface area contributed by atoms with Gasteiger partial charge in [-0.05, 0) is 13.1 Å². The van der Waals surface area contributed by atoms with Crippen LogP contribution in [0.4, 0.5) is 0 Å². The van der Waals surface area contributed by atoms with E-state index in [1.54, 1.807) is 0 Å². The summed E-state index contributed by atoms with van der Waals surface area (Å²) in [6.45, 7) is 1.64. The van der Waals surface area contributed by atoms with E-state index in [0.29, 0.717) is 6.04 Å². The van der Waals surface area contributed by atoms with Crippen LogP contribution in [0, 0.1) is 0 Å². The molecule has 1 aromatic rings. The quantitative estimate of drug-likeness (QED) is 0.807. The average molecular weight is 233 g/mol. The molecule has 3 nitrogen and oxygen atoms in total. The predicted octanol–water partition coefficient (Wildman–Crippen LogP) is 2.28. The van der Waals surface area contributed by atoms with Crippen molar-refractivity contribution in [2.45, 2.75) is 30.9 Å². The summed E-state index contributed by atoms with van der Waals surface area (Å²) in [4.78, 5) is 0. The zero-order valence-corrected chi connectivity index (χ0v) is 10.2. The molecular formula is C14H19NO2. The largest absolute Gasteiger partial charge is 0.487 e. The lowest BCUT2D eigenvalue weighted by molar-refractivity contribution is -0.0641. The van der Waals surface area contributed by atoms with Crippen LogP contribution in [0.5, 0.6) is 5.75 Å². The van der Waals surface area contributed by atoms with Crippen LogP contribution in [-0.4, -0.2) is 25.9 Å². The van der Waals surface area contributed by atoms with Gasteiger partial charge in [-0.2, -0.15) is 0 Å². The van der Waals surface area contributed by atoms with Crippen LogP contribution < -0.4 is 10.1 Å². The highest BCUT2D eigenvalue weighted by Crippen LogP contribution is 2.43. The molecule has 3 heteroatoms. The van der Waals surface area contributed by atoms with Crippen molar-refractivity contribution in [3.8, 4) is 5.75 Å². The first kappa shape index (κ1) is 11.1. The number of benzene rings is 1. The maximum Gasteiger partial charge on any atom is 0.124 e. The van der Waals surface area contributed by atoms with E-state index in [2.05, 4.69) is 23.5 Å². The van der Waals surface area contributed by atoms with Gasteiger partial charge >= 0.3 is 0 Å². The van der Waals surface area contributed by atoms with Crippen molar-refractivity contribution in [1.29, 1.82) is 0 Å². The monoisotopic (exact) mass is 233 g/mol. The van der Waals surface area contributed by atoms with Crippen molar-refractivity contribution < 1.29 is 9.47 Å². The number of hydrogen-bond donors (Lipinski definition) is 1. The second-order valence-electron chi connectivity index (χ2n) is 4.98. The molecule has 17 heavy (non-hydrogen) atoms. The Bertz CT molecular complexity index is 399. The van der Waals surface area contributed by atoms with Crippen LogP contribution in [0.1, 0.15) is 30.9 Å². The third-order valence-corrected chi connectivity index (χ3v) is 3.95. The van der Waals surface area contributed by atoms with Crippen molar-refractivity contribution >= 4 is 0 Å². The SMILES string of the molecule is CNC1CC2(CCOCC2)Oc2ccccc21. The normalized spacial score (nSPS) is 26.3. The molecule has 1 saturated heterocycles. The maximum atomic E-state index is 6.27. The number of fused-ring (bicyclic) bond motifs is 1. The zero-order valence-electron chi connectivity index (χ0n) is 10.2. The van der Waals surface area contributed by atoms with Crippen LogP contribution in [0.15, 0.2) is 24.3 Å². The molecule has 1 aromatic carbocycles. The first-order chi connectivity index (χ1) is 8.33. The van der Waals surface area contributed by atoms with Gasteiger partial charge in [0.1, 0.15) is 11.4 Å². The molecule has 0 bridgehead atoms. The topological polar surface area (TPSA) is 30.5 Å². The fraction of sp³-hybridized carbons (Fsp3) is 0.571. The van der Waals surface area contributed by atoms with E-state index < -0.39 is 0 Å². The van der Waals surface area contributed by atoms with E-state index in [0.717, 1.165) is 38.2 Å². The number of ether oxygens (including phenoxy) is 2. The molecule has 1 unspecified atom stereocenters. The zero-order chi connectivity index (χ0) is 11.7. The minimum atomic E-state index is -0.0136. The Hall–Kier alpha value is -1.06. The fourth-order valence-corrected chi connectivity index (χ4v) is 2.93. The summed E-state index contributed by atoms with van der Waals surface area (Å²) in [5, 5.41) is 3.41. The van der Waals surface area contributed by atoms with Crippen LogP contribution in [0.3, 0.4) is 0 Å². The Morgan fingerprint density at radius 2 is 2.00 bits per heavy atom. The lowest BCUT2D eigenvalue weighted by atomic mass is 9.82. The van der Waals surface area contributed by atoms with Crippen molar-refractivity contribution in [3.05, 3.63) is 29.8 Å². The molecule has 92 valence electrons. The molecule has 0 aliphatic carbocycles. The van der Waals surface area contributed by atoms with Gasteiger partial charge in [0, 0.05) is 30.9 Å². The van der Waals surface area contributed by atoms with Crippen molar-refractivity contribution in [1.82, 2.24) is 5.32 Å². The Morgan fingerprint density at radius 3 is 2.76 bits per heavy atom. The molecule has 1 spiro atoms. The van der Waals surface area contributed by atoms with Gasteiger partial charge in [0.15, 0.2) is 0 Å². The van der Waals surface area contributed by atoms with Gasteiger partial charge in [0.05, 0.1) is 13.2 Å². The van der Waals surface area contributed by atoms with Gasteiger partial charge in [-0.15, -0.1) is 0 Å². The van der Waals surface area contributed by atoms with E-state index in [1.165, 1.54) is 5.56 Å². The first-order valence-electron chi connectivity index (χ1n) is 6.36. The standard InChI is InChI=1S/C14H19NO2/c1-15-12-10-14(6-8-16-9-7-14)17-13-5-3-2-4-11(12)13/h2-5,12,15H,6-10H2,1H3. The highest BCUT2D eigenvalue weighted by molar-refractivity contribution is 5.39. The molecule has 2 aliphatic rings. The number of hydrogen-bond acceptors (Lipinski definition) is 3. The van der Waals surface area contributed by atoms with Crippen LogP contribution in [0.25, 0.3) is 0 Å². The molecule has 0 radical (unpaired) electrons. The van der Waals surface area contributed by atoms with Crippen molar-refractivity contribution in [3.63, 3.8) is 0 Å². The first-order valence-corrected chi connectivity index (χ1v) is 6.36. The van der Waals surface area contributed by atoms with E-state index in [9.17, 15) is 0 Å². The lowest BCUT2D eigenvalue weighted by Crippen LogP contribution is -2.47. The third-order valence-electron chi connectivity index (χ3n) is 3.95. The summed E-state index contributed by atoms with van der Waals surface area (Å²) in [7, 11) is 2.03. The van der Waals surface area contributed by atoms with E-state index in [-0.39, 0.29) is 5.60 Å². The summed E-state index contributed by atoms with van der Waals surface area (Å²) in [5.74, 6) is 1.04. The minimum absolute atomic E-state index is 0.0136. The highest BCUT2D eigenvalue weighted by atomic mass is 16.5. The molecule has 0 amide bonds. The summed E-state index contributed by atoms with van der Waals surface area (Å²) < 4.78 is 11.7. The number of para-hydroxylation sites is 1. The fourth-order valence-electron chi connectivity index (χ4n) is 2.93. The van der Waals surface area contributed by atoms with Crippen molar-refractivity contribution in [2.24, 2.45) is 0 Å². The number of rotatable bonds is 1. The van der Waals surface area contributed by atoms with Gasteiger partial charge in [-0.25, -0.2) is 0 Å². The van der Waals surface area contributed by atoms with Gasteiger partial charge in [-0.3, -0.25) is 0 Å². The van der Waals surface area contributed by atoms with Crippen LogP contribution >= 0.6 is 0 Å². The summed E-state index contributed by atoms with van der Waals surface area (Å²) in [6.07, 6.45) is 3.04. The smallest absolute Gasteiger partial charge is 0.124 e. The molecule has 1 fully saturated rings. The van der Waals surface area contributed by atoms with Gasteiger partial charge < -0.3 is 14.8 Å². The summed E-state index contributed by atoms with van der Waals surface area (Å²) >= 11 is 0. The Balaban J connectivity index is 1.94. The molecule has 0 aromatic heterocycles. The summed E-state index contributed by atoms with van der Waals surface area (Å²) in [6, 6.07) is 8.76. The second-order valence-corrected chi connectivity index (χ2v) is 4.98. The van der Waals surface area contributed by atoms with E-state index in [1.807, 2.05) is 13.1 Å². The molecule has 2 heterocycles. The van der Waals surface area contributed by atoms with Crippen LogP contribution in [-0.2, 0) is 4.74 Å². The van der Waals surface area contributed by atoms with Gasteiger partial charge in [-0.1, -0.05) is 18.2 Å². The molecule has 1 N–H and O–H groups in total. The maximum absolute atomic E-state index is 6.27. The van der Waals surface area contributed by atoms with Gasteiger partial charge in [0.2, 0.25) is 0 Å². The lowest BCUT2D eigenvalue weighted by Gasteiger charge is -2.44. The predicted molar refractivity (Wildman–Crippen MR) is 66.3 cm³/mol. The Labute approximate surface area is 102 Å².